The lowest BCUT2D eigenvalue weighted by atomic mass is 9.49. The highest BCUT2D eigenvalue weighted by atomic mass is 35.5. The maximum atomic E-state index is 14.1. The largest absolute Gasteiger partial charge is 0.489 e. The second-order valence-electron chi connectivity index (χ2n) is 20.4. The summed E-state index contributed by atoms with van der Waals surface area (Å²) in [5.74, 6) is 0.0876. The van der Waals surface area contributed by atoms with E-state index in [1.165, 1.54) is 4.90 Å². The molecule has 70 heavy (non-hydrogen) atoms. The Morgan fingerprint density at radius 1 is 0.943 bits per heavy atom. The molecule has 14 nitrogen and oxygen atoms in total. The van der Waals surface area contributed by atoms with Crippen molar-refractivity contribution >= 4 is 46.6 Å². The minimum absolute atomic E-state index is 0.0338. The van der Waals surface area contributed by atoms with Crippen molar-refractivity contribution in [2.45, 2.75) is 112 Å². The van der Waals surface area contributed by atoms with Crippen LogP contribution in [-0.4, -0.2) is 82.1 Å². The van der Waals surface area contributed by atoms with E-state index >= 15 is 0 Å². The number of aryl methyl sites for hydroxylation is 1. The van der Waals surface area contributed by atoms with Crippen molar-refractivity contribution in [1.29, 1.82) is 5.26 Å². The number of nitrogens with zero attached hydrogens (tertiary/aromatic N) is 3. The first kappa shape index (κ1) is 51.5. The second kappa shape index (κ2) is 21.0. The van der Waals surface area contributed by atoms with Gasteiger partial charge < -0.3 is 40.2 Å². The Morgan fingerprint density at radius 3 is 2.16 bits per heavy atom. The molecule has 1 saturated carbocycles. The highest BCUT2D eigenvalue weighted by molar-refractivity contribution is 7.13. The van der Waals surface area contributed by atoms with Gasteiger partial charge in [0.05, 0.1) is 38.9 Å². The Balaban J connectivity index is 0.876. The molecule has 1 saturated heterocycles. The van der Waals surface area contributed by atoms with Crippen LogP contribution in [0, 0.1) is 34.5 Å². The lowest BCUT2D eigenvalue weighted by Gasteiger charge is -2.63. The van der Waals surface area contributed by atoms with Gasteiger partial charge in [-0.15, -0.1) is 11.3 Å². The summed E-state index contributed by atoms with van der Waals surface area (Å²) < 4.78 is 18.4. The number of ether oxygens (including phenoxy) is 3. The third-order valence-corrected chi connectivity index (χ3v) is 14.6. The Labute approximate surface area is 418 Å². The quantitative estimate of drug-likeness (QED) is 0.0742. The predicted octanol–water partition coefficient (Wildman–Crippen LogP) is 8.93. The van der Waals surface area contributed by atoms with Gasteiger partial charge in [-0.05, 0) is 84.5 Å². The standard InChI is InChI=1S/C54H61ClN6O8S/c1-31-45(70-30-58-31)35-12-10-33(11-13-35)27-57-48(65)43-24-38(62)28-61(43)49(66)46(52(3,4)5)59-44(63)29-67-32(2)34-14-19-39(20-15-34)68-40-21-16-36(17-22-40)47(64)60-50-53(6,7)51(54(50,8)9)69-41-23-18-37(26-56)42(55)25-41/h10-23,25,30,32,38,43,46,50-51,62H,24,27-29H2,1-9H3,(H,57,65)(H,59,63)(H,60,64)/t32-,38-,43+,46-,50?,51?/m1/s1. The van der Waals surface area contributed by atoms with E-state index in [0.717, 1.165) is 27.3 Å². The number of nitriles is 1. The van der Waals surface area contributed by atoms with Crippen molar-refractivity contribution in [1.82, 2.24) is 25.8 Å². The van der Waals surface area contributed by atoms with Crippen LogP contribution in [0.5, 0.6) is 17.2 Å². The Hall–Kier alpha value is -6.31. The van der Waals surface area contributed by atoms with Gasteiger partial charge in [0, 0.05) is 48.0 Å². The van der Waals surface area contributed by atoms with Gasteiger partial charge in [0.1, 0.15) is 48.1 Å². The zero-order valence-electron chi connectivity index (χ0n) is 41.0. The van der Waals surface area contributed by atoms with Gasteiger partial charge in [-0.25, -0.2) is 4.98 Å². The average Bonchev–Trinajstić information content (AvgIpc) is 3.94. The smallest absolute Gasteiger partial charge is 0.251 e. The Morgan fingerprint density at radius 2 is 1.57 bits per heavy atom. The number of aromatic nitrogens is 1. The molecule has 0 radical (unpaired) electrons. The van der Waals surface area contributed by atoms with Crippen molar-refractivity contribution in [2.75, 3.05) is 13.2 Å². The van der Waals surface area contributed by atoms with Crippen molar-refractivity contribution in [3.05, 3.63) is 129 Å². The van der Waals surface area contributed by atoms with E-state index in [1.54, 1.807) is 65.9 Å². The molecule has 0 unspecified atom stereocenters. The molecule has 4 N–H and O–H groups in total. The zero-order chi connectivity index (χ0) is 50.7. The second-order valence-corrected chi connectivity index (χ2v) is 21.7. The number of carbonyl (C=O) groups is 4. The molecule has 368 valence electrons. The molecule has 1 aliphatic carbocycles. The summed E-state index contributed by atoms with van der Waals surface area (Å²) in [6.07, 6.45) is -1.53. The molecule has 2 aliphatic rings. The Kier molecular flexibility index (Phi) is 15.4. The van der Waals surface area contributed by atoms with E-state index in [1.807, 2.05) is 76.5 Å². The van der Waals surface area contributed by atoms with E-state index in [-0.39, 0.29) is 50.1 Å². The number of thiazole rings is 1. The minimum atomic E-state index is -1.00. The van der Waals surface area contributed by atoms with Crippen LogP contribution in [0.4, 0.5) is 0 Å². The first-order chi connectivity index (χ1) is 33.1. The number of aliphatic hydroxyl groups excluding tert-OH is 1. The van der Waals surface area contributed by atoms with Gasteiger partial charge in [0.2, 0.25) is 17.7 Å². The summed E-state index contributed by atoms with van der Waals surface area (Å²) in [7, 11) is 0. The Bertz CT molecular complexity index is 2730. The molecule has 1 aliphatic heterocycles. The molecular weight excluding hydrogens is 928 g/mol. The molecule has 7 rings (SSSR count). The van der Waals surface area contributed by atoms with Gasteiger partial charge in [0.25, 0.3) is 5.91 Å². The van der Waals surface area contributed by atoms with Crippen molar-refractivity contribution in [3.63, 3.8) is 0 Å². The first-order valence-corrected chi connectivity index (χ1v) is 24.5. The SMILES string of the molecule is Cc1ncsc1-c1ccc(CNC(=O)[C@@H]2C[C@@H](O)CN2C(=O)[C@@H](NC(=O)CO[C@H](C)c2ccc(Oc3ccc(C(=O)NC4C(C)(C)C(Oc5ccc(C#N)c(Cl)c5)C4(C)C)cc3)cc2)C(C)(C)C)cc1. The van der Waals surface area contributed by atoms with Crippen LogP contribution in [-0.2, 0) is 25.7 Å². The summed E-state index contributed by atoms with van der Waals surface area (Å²) >= 11 is 7.81. The van der Waals surface area contributed by atoms with E-state index in [2.05, 4.69) is 54.7 Å². The number of aliphatic hydroxyl groups is 1. The van der Waals surface area contributed by atoms with E-state index < -0.39 is 52.4 Å². The molecule has 2 fully saturated rings. The van der Waals surface area contributed by atoms with Crippen LogP contribution in [0.3, 0.4) is 0 Å². The summed E-state index contributed by atoms with van der Waals surface area (Å²) in [5, 5.41) is 29.2. The van der Waals surface area contributed by atoms with Crippen LogP contribution in [0.25, 0.3) is 10.4 Å². The fourth-order valence-corrected chi connectivity index (χ4v) is 10.7. The number of hydrogen-bond donors (Lipinski definition) is 4. The molecule has 4 amide bonds. The summed E-state index contributed by atoms with van der Waals surface area (Å²) in [4.78, 5) is 61.2. The minimum Gasteiger partial charge on any atom is -0.489 e. The van der Waals surface area contributed by atoms with Crippen LogP contribution in [0.1, 0.15) is 101 Å². The third kappa shape index (κ3) is 11.5. The van der Waals surface area contributed by atoms with Crippen molar-refractivity contribution in [3.8, 4) is 33.8 Å². The molecular formula is C54H61ClN6O8S. The maximum Gasteiger partial charge on any atom is 0.251 e. The molecule has 16 heteroatoms. The fraction of sp³-hybridized carbons (Fsp3) is 0.407. The molecule has 5 aromatic rings. The number of likely N-dealkylation sites (tertiary alicyclic amines) is 1. The topological polar surface area (TPSA) is 192 Å². The van der Waals surface area contributed by atoms with Gasteiger partial charge in [-0.3, -0.25) is 19.2 Å². The molecule has 2 heterocycles. The van der Waals surface area contributed by atoms with Crippen LogP contribution < -0.4 is 25.4 Å². The van der Waals surface area contributed by atoms with Gasteiger partial charge >= 0.3 is 0 Å². The molecule has 4 atom stereocenters. The van der Waals surface area contributed by atoms with Gasteiger partial charge in [0.15, 0.2) is 0 Å². The summed E-state index contributed by atoms with van der Waals surface area (Å²) in [6.45, 7) is 17.3. The summed E-state index contributed by atoms with van der Waals surface area (Å²) in [5.41, 5.74) is 4.77. The highest BCUT2D eigenvalue weighted by Gasteiger charge is 2.64. The van der Waals surface area contributed by atoms with E-state index in [0.29, 0.717) is 33.4 Å². The number of amides is 4. The van der Waals surface area contributed by atoms with Crippen LogP contribution in [0.2, 0.25) is 5.02 Å². The molecule has 0 bridgehead atoms. The average molecular weight is 990 g/mol. The summed E-state index contributed by atoms with van der Waals surface area (Å²) in [6, 6.07) is 26.9. The number of rotatable bonds is 16. The van der Waals surface area contributed by atoms with E-state index in [4.69, 9.17) is 25.8 Å². The number of halogens is 1. The number of benzene rings is 4. The van der Waals surface area contributed by atoms with E-state index in [9.17, 15) is 29.5 Å². The maximum absolute atomic E-state index is 14.1. The van der Waals surface area contributed by atoms with Crippen LogP contribution >= 0.6 is 22.9 Å². The van der Waals surface area contributed by atoms with Gasteiger partial charge in [-0.2, -0.15) is 5.26 Å². The number of β-amino-alcohol motifs (C(OH)–C–C–N with tert-alkyl or cyclic N) is 1. The lowest BCUT2D eigenvalue weighted by molar-refractivity contribution is -0.164. The number of nitrogens with one attached hydrogen (secondary N) is 3. The van der Waals surface area contributed by atoms with Crippen LogP contribution in [0.15, 0.2) is 96.5 Å². The molecule has 1 aromatic heterocycles. The number of hydrogen-bond acceptors (Lipinski definition) is 11. The normalized spacial score (nSPS) is 20.0. The van der Waals surface area contributed by atoms with Crippen molar-refractivity contribution in [2.24, 2.45) is 16.2 Å². The van der Waals surface area contributed by atoms with Gasteiger partial charge in [-0.1, -0.05) is 96.5 Å². The molecule has 4 aromatic carbocycles. The fourth-order valence-electron chi connectivity index (χ4n) is 9.71. The number of carbonyl (C=O) groups excluding carboxylic acids is 4. The monoisotopic (exact) mass is 988 g/mol. The zero-order valence-corrected chi connectivity index (χ0v) is 42.5. The predicted molar refractivity (Wildman–Crippen MR) is 268 cm³/mol. The van der Waals surface area contributed by atoms with Crippen molar-refractivity contribution < 1.29 is 38.5 Å². The first-order valence-electron chi connectivity index (χ1n) is 23.3. The molecule has 0 spiro atoms. The highest BCUT2D eigenvalue weighted by Crippen LogP contribution is 2.55. The third-order valence-electron chi connectivity index (χ3n) is 13.3. The lowest BCUT2D eigenvalue weighted by Crippen LogP contribution is -2.74.